The van der Waals surface area contributed by atoms with E-state index >= 15 is 0 Å². The second-order valence-electron chi connectivity index (χ2n) is 6.05. The summed E-state index contributed by atoms with van der Waals surface area (Å²) < 4.78 is 11.2. The van der Waals surface area contributed by atoms with E-state index in [1.54, 1.807) is 13.2 Å². The van der Waals surface area contributed by atoms with Crippen molar-refractivity contribution >= 4 is 22.7 Å². The summed E-state index contributed by atoms with van der Waals surface area (Å²) in [5, 5.41) is 2.89. The minimum atomic E-state index is -0.00572. The first-order chi connectivity index (χ1) is 11.6. The molecule has 2 aromatic carbocycles. The van der Waals surface area contributed by atoms with Gasteiger partial charge in [-0.25, -0.2) is 4.98 Å². The number of para-hydroxylation sites is 1. The molecule has 124 valence electrons. The van der Waals surface area contributed by atoms with Gasteiger partial charge in [0, 0.05) is 18.2 Å². The van der Waals surface area contributed by atoms with E-state index in [2.05, 4.69) is 10.3 Å². The zero-order chi connectivity index (χ0) is 17.1. The molecular weight excluding hydrogens is 304 g/mol. The van der Waals surface area contributed by atoms with Gasteiger partial charge in [-0.1, -0.05) is 26.0 Å². The van der Waals surface area contributed by atoms with Crippen LogP contribution in [0.1, 0.15) is 20.3 Å². The van der Waals surface area contributed by atoms with Crippen LogP contribution in [-0.4, -0.2) is 18.0 Å². The van der Waals surface area contributed by atoms with Gasteiger partial charge < -0.3 is 14.5 Å². The van der Waals surface area contributed by atoms with Gasteiger partial charge in [-0.15, -0.1) is 0 Å². The molecule has 0 radical (unpaired) electrons. The van der Waals surface area contributed by atoms with Gasteiger partial charge in [-0.3, -0.25) is 4.79 Å². The average Bonchev–Trinajstić information content (AvgIpc) is 2.97. The molecule has 0 bridgehead atoms. The van der Waals surface area contributed by atoms with Crippen molar-refractivity contribution in [3.63, 3.8) is 0 Å². The predicted octanol–water partition coefficient (Wildman–Crippen LogP) is 4.49. The average molecular weight is 324 g/mol. The highest BCUT2D eigenvalue weighted by Crippen LogP contribution is 2.32. The molecular formula is C19H20N2O3. The van der Waals surface area contributed by atoms with Gasteiger partial charge in [0.05, 0.1) is 12.7 Å². The van der Waals surface area contributed by atoms with Crippen LogP contribution in [0.4, 0.5) is 5.69 Å². The van der Waals surface area contributed by atoms with Crippen molar-refractivity contribution in [1.82, 2.24) is 4.98 Å². The normalized spacial score (nSPS) is 11.0. The molecule has 0 spiro atoms. The zero-order valence-electron chi connectivity index (χ0n) is 14.0. The Hall–Kier alpha value is -2.82. The highest BCUT2D eigenvalue weighted by atomic mass is 16.5. The van der Waals surface area contributed by atoms with Gasteiger partial charge in [0.2, 0.25) is 11.8 Å². The van der Waals surface area contributed by atoms with Crippen molar-refractivity contribution < 1.29 is 13.9 Å². The number of methoxy groups -OCH3 is 1. The molecule has 3 rings (SSSR count). The molecule has 5 nitrogen and oxygen atoms in total. The third-order valence-corrected chi connectivity index (χ3v) is 3.60. The molecule has 0 fully saturated rings. The molecule has 0 saturated heterocycles. The Bertz CT molecular complexity index is 868. The molecule has 0 aliphatic rings. The summed E-state index contributed by atoms with van der Waals surface area (Å²) in [4.78, 5) is 16.4. The Morgan fingerprint density at radius 2 is 2.04 bits per heavy atom. The predicted molar refractivity (Wildman–Crippen MR) is 94.1 cm³/mol. The summed E-state index contributed by atoms with van der Waals surface area (Å²) in [5.41, 5.74) is 2.86. The lowest BCUT2D eigenvalue weighted by Gasteiger charge is -2.06. The molecule has 5 heteroatoms. The third-order valence-electron chi connectivity index (χ3n) is 3.60. The number of hydrogen-bond acceptors (Lipinski definition) is 4. The van der Waals surface area contributed by atoms with Crippen LogP contribution in [0.2, 0.25) is 0 Å². The minimum absolute atomic E-state index is 0.00572. The van der Waals surface area contributed by atoms with Crippen LogP contribution in [0, 0.1) is 5.92 Å². The van der Waals surface area contributed by atoms with Crippen LogP contribution in [0.5, 0.6) is 5.75 Å². The molecule has 0 saturated carbocycles. The lowest BCUT2D eigenvalue weighted by atomic mass is 10.1. The number of hydrogen-bond donors (Lipinski definition) is 1. The summed E-state index contributed by atoms with van der Waals surface area (Å²) in [5.74, 6) is 1.51. The summed E-state index contributed by atoms with van der Waals surface area (Å²) in [7, 11) is 1.61. The SMILES string of the molecule is COc1ccccc1-c1nc2ccc(NC(=O)CC(C)C)cc2o1. The largest absolute Gasteiger partial charge is 0.496 e. The number of carbonyl (C=O) groups is 1. The molecule has 0 atom stereocenters. The number of fused-ring (bicyclic) bond motifs is 1. The smallest absolute Gasteiger partial charge is 0.231 e. The van der Waals surface area contributed by atoms with Crippen LogP contribution < -0.4 is 10.1 Å². The van der Waals surface area contributed by atoms with Gasteiger partial charge >= 0.3 is 0 Å². The van der Waals surface area contributed by atoms with E-state index in [1.165, 1.54) is 0 Å². The number of benzene rings is 2. The van der Waals surface area contributed by atoms with Crippen LogP contribution in [0.3, 0.4) is 0 Å². The van der Waals surface area contributed by atoms with Crippen LogP contribution >= 0.6 is 0 Å². The van der Waals surface area contributed by atoms with E-state index in [1.807, 2.05) is 50.2 Å². The molecule has 24 heavy (non-hydrogen) atoms. The number of carbonyl (C=O) groups excluding carboxylic acids is 1. The Morgan fingerprint density at radius 3 is 2.79 bits per heavy atom. The molecule has 3 aromatic rings. The molecule has 0 aliphatic heterocycles. The number of ether oxygens (including phenoxy) is 1. The van der Waals surface area contributed by atoms with Gasteiger partial charge in [0.15, 0.2) is 5.58 Å². The van der Waals surface area contributed by atoms with E-state index < -0.39 is 0 Å². The molecule has 1 aromatic heterocycles. The molecule has 1 N–H and O–H groups in total. The van der Waals surface area contributed by atoms with E-state index in [0.29, 0.717) is 35.2 Å². The zero-order valence-corrected chi connectivity index (χ0v) is 14.0. The summed E-state index contributed by atoms with van der Waals surface area (Å²) in [6, 6.07) is 13.0. The molecule has 0 aliphatic carbocycles. The summed E-state index contributed by atoms with van der Waals surface area (Å²) >= 11 is 0. The van der Waals surface area contributed by atoms with E-state index in [9.17, 15) is 4.79 Å². The standard InChI is InChI=1S/C19H20N2O3/c1-12(2)10-18(22)20-13-8-9-15-17(11-13)24-19(21-15)14-6-4-5-7-16(14)23-3/h4-9,11-12H,10H2,1-3H3,(H,20,22). The quantitative estimate of drug-likeness (QED) is 0.751. The van der Waals surface area contributed by atoms with Crippen LogP contribution in [0.25, 0.3) is 22.6 Å². The van der Waals surface area contributed by atoms with Crippen molar-refractivity contribution in [1.29, 1.82) is 0 Å². The Kier molecular flexibility index (Phi) is 4.51. The number of nitrogens with zero attached hydrogens (tertiary/aromatic N) is 1. The Labute approximate surface area is 140 Å². The van der Waals surface area contributed by atoms with Gasteiger partial charge in [0.1, 0.15) is 11.3 Å². The van der Waals surface area contributed by atoms with Crippen molar-refractivity contribution in [3.05, 3.63) is 42.5 Å². The molecule has 1 heterocycles. The van der Waals surface area contributed by atoms with Gasteiger partial charge in [-0.2, -0.15) is 0 Å². The topological polar surface area (TPSA) is 64.4 Å². The fourth-order valence-electron chi connectivity index (χ4n) is 2.52. The second-order valence-corrected chi connectivity index (χ2v) is 6.05. The van der Waals surface area contributed by atoms with Crippen molar-refractivity contribution in [2.75, 3.05) is 12.4 Å². The first kappa shape index (κ1) is 16.1. The van der Waals surface area contributed by atoms with Gasteiger partial charge in [0.25, 0.3) is 0 Å². The number of aromatic nitrogens is 1. The summed E-state index contributed by atoms with van der Waals surface area (Å²) in [6.07, 6.45) is 0.487. The second kappa shape index (κ2) is 6.74. The highest BCUT2D eigenvalue weighted by Gasteiger charge is 2.13. The fourth-order valence-corrected chi connectivity index (χ4v) is 2.52. The molecule has 0 unspecified atom stereocenters. The Balaban J connectivity index is 1.90. The number of anilines is 1. The molecule has 1 amide bonds. The number of oxazole rings is 1. The fraction of sp³-hybridized carbons (Fsp3) is 0.263. The van der Waals surface area contributed by atoms with E-state index in [4.69, 9.17) is 9.15 Å². The number of rotatable bonds is 5. The monoisotopic (exact) mass is 324 g/mol. The van der Waals surface area contributed by atoms with Crippen molar-refractivity contribution in [3.8, 4) is 17.2 Å². The van der Waals surface area contributed by atoms with Crippen molar-refractivity contribution in [2.45, 2.75) is 20.3 Å². The highest BCUT2D eigenvalue weighted by molar-refractivity contribution is 5.93. The lowest BCUT2D eigenvalue weighted by molar-refractivity contribution is -0.116. The first-order valence-corrected chi connectivity index (χ1v) is 7.90. The maximum atomic E-state index is 11.9. The van der Waals surface area contributed by atoms with Crippen LogP contribution in [0.15, 0.2) is 46.9 Å². The summed E-state index contributed by atoms with van der Waals surface area (Å²) in [6.45, 7) is 4.03. The number of amides is 1. The third kappa shape index (κ3) is 3.40. The van der Waals surface area contributed by atoms with E-state index in [-0.39, 0.29) is 5.91 Å². The Morgan fingerprint density at radius 1 is 1.25 bits per heavy atom. The van der Waals surface area contributed by atoms with E-state index in [0.717, 1.165) is 11.1 Å². The lowest BCUT2D eigenvalue weighted by Crippen LogP contribution is -2.13. The first-order valence-electron chi connectivity index (χ1n) is 7.90. The minimum Gasteiger partial charge on any atom is -0.496 e. The maximum Gasteiger partial charge on any atom is 0.231 e. The van der Waals surface area contributed by atoms with Gasteiger partial charge in [-0.05, 0) is 30.2 Å². The van der Waals surface area contributed by atoms with Crippen LogP contribution in [-0.2, 0) is 4.79 Å². The number of nitrogens with one attached hydrogen (secondary N) is 1. The van der Waals surface area contributed by atoms with Crippen molar-refractivity contribution in [2.24, 2.45) is 5.92 Å². The maximum absolute atomic E-state index is 11.9.